The molecule has 2 aromatic rings. The molecule has 2 aromatic carbocycles. The lowest BCUT2D eigenvalue weighted by Gasteiger charge is -2.05. The number of thioether (sulfide) groups is 1. The number of nitrogens with two attached hydrogens (primary N) is 1. The van der Waals surface area contributed by atoms with E-state index in [0.29, 0.717) is 10.2 Å². The minimum atomic E-state index is -0.387. The van der Waals surface area contributed by atoms with Crippen molar-refractivity contribution in [3.63, 3.8) is 0 Å². The molecule has 0 heterocycles. The zero-order valence-corrected chi connectivity index (χ0v) is 12.3. The molecule has 4 nitrogen and oxygen atoms in total. The fourth-order valence-electron chi connectivity index (χ4n) is 1.54. The number of benzene rings is 2. The molecule has 0 radical (unpaired) electrons. The van der Waals surface area contributed by atoms with Gasteiger partial charge in [0.1, 0.15) is 0 Å². The summed E-state index contributed by atoms with van der Waals surface area (Å²) in [5, 5.41) is 10.8. The Morgan fingerprint density at radius 1 is 1.21 bits per heavy atom. The van der Waals surface area contributed by atoms with Crippen LogP contribution in [0.5, 0.6) is 0 Å². The van der Waals surface area contributed by atoms with Crippen molar-refractivity contribution < 1.29 is 4.92 Å². The number of hydrogen-bond donors (Lipinski definition) is 1. The van der Waals surface area contributed by atoms with Gasteiger partial charge in [-0.3, -0.25) is 10.1 Å². The molecular weight excluding hydrogens is 328 g/mol. The first kappa shape index (κ1) is 13.9. The molecule has 2 rings (SSSR count). The Kier molecular flexibility index (Phi) is 4.44. The van der Waals surface area contributed by atoms with Crippen LogP contribution in [0.3, 0.4) is 0 Å². The highest BCUT2D eigenvalue weighted by Gasteiger charge is 2.14. The van der Waals surface area contributed by atoms with E-state index in [9.17, 15) is 10.1 Å². The van der Waals surface area contributed by atoms with Crippen LogP contribution in [-0.4, -0.2) is 4.92 Å². The van der Waals surface area contributed by atoms with Gasteiger partial charge in [-0.25, -0.2) is 0 Å². The van der Waals surface area contributed by atoms with Gasteiger partial charge in [-0.2, -0.15) is 0 Å². The van der Waals surface area contributed by atoms with Gasteiger partial charge in [0.05, 0.1) is 9.40 Å². The number of halogens is 1. The minimum absolute atomic E-state index is 0.0930. The van der Waals surface area contributed by atoms with Crippen LogP contribution < -0.4 is 5.73 Å². The van der Waals surface area contributed by atoms with E-state index >= 15 is 0 Å². The van der Waals surface area contributed by atoms with Gasteiger partial charge in [0.25, 0.3) is 5.69 Å². The zero-order chi connectivity index (χ0) is 13.8. The molecular formula is C13H11BrN2O2S. The van der Waals surface area contributed by atoms with Gasteiger partial charge < -0.3 is 5.73 Å². The van der Waals surface area contributed by atoms with Crippen LogP contribution >= 0.6 is 27.7 Å². The molecule has 0 aliphatic rings. The maximum atomic E-state index is 10.8. The molecule has 0 amide bonds. The molecule has 98 valence electrons. The summed E-state index contributed by atoms with van der Waals surface area (Å²) in [7, 11) is 0. The number of nitro benzene ring substituents is 1. The SMILES string of the molecule is Nc1ccc(SCc2cccc([N+](=O)[O-])c2Br)cc1. The minimum Gasteiger partial charge on any atom is -0.399 e. The van der Waals surface area contributed by atoms with Crippen molar-refractivity contribution in [2.75, 3.05) is 5.73 Å². The smallest absolute Gasteiger partial charge is 0.283 e. The highest BCUT2D eigenvalue weighted by atomic mass is 79.9. The van der Waals surface area contributed by atoms with Crippen LogP contribution in [0, 0.1) is 10.1 Å². The molecule has 0 aromatic heterocycles. The highest BCUT2D eigenvalue weighted by Crippen LogP contribution is 2.32. The fraction of sp³-hybridized carbons (Fsp3) is 0.0769. The van der Waals surface area contributed by atoms with Crippen LogP contribution in [0.15, 0.2) is 51.8 Å². The summed E-state index contributed by atoms with van der Waals surface area (Å²) < 4.78 is 0.544. The van der Waals surface area contributed by atoms with E-state index in [1.165, 1.54) is 6.07 Å². The highest BCUT2D eigenvalue weighted by molar-refractivity contribution is 9.10. The molecule has 0 fully saturated rings. The lowest BCUT2D eigenvalue weighted by Crippen LogP contribution is -1.92. The Hall–Kier alpha value is -1.53. The third-order valence-electron chi connectivity index (χ3n) is 2.53. The number of rotatable bonds is 4. The quantitative estimate of drug-likeness (QED) is 0.392. The van der Waals surface area contributed by atoms with Gasteiger partial charge in [0.2, 0.25) is 0 Å². The molecule has 0 aliphatic carbocycles. The second-order valence-corrected chi connectivity index (χ2v) is 5.71. The van der Waals surface area contributed by atoms with E-state index in [2.05, 4.69) is 15.9 Å². The van der Waals surface area contributed by atoms with Crippen LogP contribution in [0.2, 0.25) is 0 Å². The van der Waals surface area contributed by atoms with Gasteiger partial charge >= 0.3 is 0 Å². The average molecular weight is 339 g/mol. The number of nitro groups is 1. The number of anilines is 1. The summed E-state index contributed by atoms with van der Waals surface area (Å²) in [4.78, 5) is 11.5. The van der Waals surface area contributed by atoms with Gasteiger partial charge in [-0.15, -0.1) is 11.8 Å². The van der Waals surface area contributed by atoms with E-state index in [1.54, 1.807) is 17.8 Å². The van der Waals surface area contributed by atoms with Crippen LogP contribution in [0.4, 0.5) is 11.4 Å². The van der Waals surface area contributed by atoms with Crippen LogP contribution in [0.1, 0.15) is 5.56 Å². The first-order valence-corrected chi connectivity index (χ1v) is 7.26. The number of nitrogens with zero attached hydrogens (tertiary/aromatic N) is 1. The second-order valence-electron chi connectivity index (χ2n) is 3.87. The third-order valence-corrected chi connectivity index (χ3v) is 4.51. The monoisotopic (exact) mass is 338 g/mol. The Morgan fingerprint density at radius 2 is 1.89 bits per heavy atom. The first-order chi connectivity index (χ1) is 9.08. The topological polar surface area (TPSA) is 69.2 Å². The molecule has 0 bridgehead atoms. The standard InChI is InChI=1S/C13H11BrN2O2S/c14-13-9(2-1-3-12(13)16(17)18)8-19-11-6-4-10(15)5-7-11/h1-7H,8,15H2. The molecule has 0 unspecified atom stereocenters. The van der Waals surface area contributed by atoms with Crippen molar-refractivity contribution >= 4 is 39.1 Å². The third kappa shape index (κ3) is 3.48. The summed E-state index contributed by atoms with van der Waals surface area (Å²) in [5.74, 6) is 0.659. The van der Waals surface area contributed by atoms with Crippen molar-refractivity contribution in [2.24, 2.45) is 0 Å². The van der Waals surface area contributed by atoms with Crippen molar-refractivity contribution in [3.05, 3.63) is 62.6 Å². The predicted molar refractivity (Wildman–Crippen MR) is 81.2 cm³/mol. The molecule has 2 N–H and O–H groups in total. The van der Waals surface area contributed by atoms with E-state index < -0.39 is 0 Å². The lowest BCUT2D eigenvalue weighted by molar-refractivity contribution is -0.385. The first-order valence-electron chi connectivity index (χ1n) is 5.48. The van der Waals surface area contributed by atoms with E-state index in [1.807, 2.05) is 30.3 Å². The molecule has 6 heteroatoms. The van der Waals surface area contributed by atoms with E-state index in [-0.39, 0.29) is 10.6 Å². The molecule has 0 aliphatic heterocycles. The van der Waals surface area contributed by atoms with Crippen LogP contribution in [0.25, 0.3) is 0 Å². The van der Waals surface area contributed by atoms with Gasteiger partial charge in [0.15, 0.2) is 0 Å². The molecule has 0 saturated heterocycles. The lowest BCUT2D eigenvalue weighted by atomic mass is 10.2. The van der Waals surface area contributed by atoms with Crippen molar-refractivity contribution in [3.8, 4) is 0 Å². The van der Waals surface area contributed by atoms with Crippen molar-refractivity contribution in [2.45, 2.75) is 10.6 Å². The van der Waals surface area contributed by atoms with Gasteiger partial charge in [-0.1, -0.05) is 12.1 Å². The molecule has 0 spiro atoms. The Morgan fingerprint density at radius 3 is 2.53 bits per heavy atom. The predicted octanol–water partition coefficient (Wildman–Crippen LogP) is 4.23. The summed E-state index contributed by atoms with van der Waals surface area (Å²) in [6.07, 6.45) is 0. The zero-order valence-electron chi connectivity index (χ0n) is 9.88. The summed E-state index contributed by atoms with van der Waals surface area (Å²) in [6, 6.07) is 12.6. The normalized spacial score (nSPS) is 10.4. The average Bonchev–Trinajstić information content (AvgIpc) is 2.39. The maximum Gasteiger partial charge on any atom is 0.283 e. The van der Waals surface area contributed by atoms with Crippen molar-refractivity contribution in [1.82, 2.24) is 0 Å². The summed E-state index contributed by atoms with van der Waals surface area (Å²) in [6.45, 7) is 0. The number of hydrogen-bond acceptors (Lipinski definition) is 4. The number of nitrogen functional groups attached to an aromatic ring is 1. The Labute approximate surface area is 123 Å². The van der Waals surface area contributed by atoms with Crippen LogP contribution in [-0.2, 0) is 5.75 Å². The maximum absolute atomic E-state index is 10.8. The Bertz CT molecular complexity index is 602. The van der Waals surface area contributed by atoms with Gasteiger partial charge in [0, 0.05) is 22.4 Å². The van der Waals surface area contributed by atoms with Gasteiger partial charge in [-0.05, 0) is 45.8 Å². The fourth-order valence-corrected chi connectivity index (χ4v) is 3.17. The largest absolute Gasteiger partial charge is 0.399 e. The van der Waals surface area contributed by atoms with E-state index in [4.69, 9.17) is 5.73 Å². The van der Waals surface area contributed by atoms with E-state index in [0.717, 1.165) is 16.1 Å². The van der Waals surface area contributed by atoms with Crippen molar-refractivity contribution in [1.29, 1.82) is 0 Å². The molecule has 0 saturated carbocycles. The second kappa shape index (κ2) is 6.08. The Balaban J connectivity index is 2.13. The molecule has 0 atom stereocenters. The molecule has 19 heavy (non-hydrogen) atoms. The summed E-state index contributed by atoms with van der Waals surface area (Å²) >= 11 is 4.90. The summed E-state index contributed by atoms with van der Waals surface area (Å²) in [5.41, 5.74) is 7.33.